The summed E-state index contributed by atoms with van der Waals surface area (Å²) >= 11 is 0. The van der Waals surface area contributed by atoms with E-state index in [9.17, 15) is 0 Å². The third kappa shape index (κ3) is 5.69. The molecule has 1 aromatic rings. The van der Waals surface area contributed by atoms with Gasteiger partial charge in [0.1, 0.15) is 0 Å². The first kappa shape index (κ1) is 15.4. The van der Waals surface area contributed by atoms with Gasteiger partial charge in [0.25, 0.3) is 0 Å². The summed E-state index contributed by atoms with van der Waals surface area (Å²) in [5, 5.41) is 6.04. The second-order valence-electron chi connectivity index (χ2n) is 4.62. The number of hydrogen-bond donors (Lipinski definition) is 2. The van der Waals surface area contributed by atoms with Gasteiger partial charge in [-0.2, -0.15) is 15.0 Å². The molecular weight excluding hydrogens is 246 g/mol. The molecule has 0 fully saturated rings. The van der Waals surface area contributed by atoms with Crippen LogP contribution in [0.3, 0.4) is 0 Å². The van der Waals surface area contributed by atoms with E-state index in [2.05, 4.69) is 32.5 Å². The number of nitrogens with zero attached hydrogens (tertiary/aromatic N) is 3. The topological polar surface area (TPSA) is 81.2 Å². The molecule has 0 aromatic carbocycles. The van der Waals surface area contributed by atoms with Crippen LogP contribution in [0.5, 0.6) is 6.01 Å². The molecule has 2 N–H and O–H groups in total. The van der Waals surface area contributed by atoms with Crippen molar-refractivity contribution in [3.05, 3.63) is 0 Å². The molecule has 7 nitrogen and oxygen atoms in total. The van der Waals surface area contributed by atoms with Crippen LogP contribution in [0.2, 0.25) is 0 Å². The molecule has 1 heterocycles. The van der Waals surface area contributed by atoms with Gasteiger partial charge in [-0.1, -0.05) is 6.92 Å². The van der Waals surface area contributed by atoms with Gasteiger partial charge in [0, 0.05) is 20.7 Å². The van der Waals surface area contributed by atoms with Crippen LogP contribution in [0.25, 0.3) is 0 Å². The average molecular weight is 269 g/mol. The van der Waals surface area contributed by atoms with Crippen LogP contribution in [0, 0.1) is 5.92 Å². The van der Waals surface area contributed by atoms with E-state index >= 15 is 0 Å². The van der Waals surface area contributed by atoms with Gasteiger partial charge in [0.05, 0.1) is 12.7 Å². The number of methoxy groups -OCH3 is 1. The van der Waals surface area contributed by atoms with Crippen molar-refractivity contribution >= 4 is 11.9 Å². The van der Waals surface area contributed by atoms with Crippen molar-refractivity contribution in [3.63, 3.8) is 0 Å². The summed E-state index contributed by atoms with van der Waals surface area (Å²) in [7, 11) is 3.44. The summed E-state index contributed by atoms with van der Waals surface area (Å²) < 4.78 is 10.6. The van der Waals surface area contributed by atoms with Crippen LogP contribution < -0.4 is 15.4 Å². The molecule has 108 valence electrons. The Morgan fingerprint density at radius 1 is 1.11 bits per heavy atom. The van der Waals surface area contributed by atoms with Gasteiger partial charge < -0.3 is 20.1 Å². The SMILES string of the molecule is CNc1nc(NCC(C)COC)nc(OC(C)C)n1. The Balaban J connectivity index is 2.70. The quantitative estimate of drug-likeness (QED) is 0.738. The number of anilines is 2. The molecule has 0 spiro atoms. The number of nitrogens with one attached hydrogen (secondary N) is 2. The minimum absolute atomic E-state index is 0.0207. The zero-order chi connectivity index (χ0) is 14.3. The Labute approximate surface area is 114 Å². The van der Waals surface area contributed by atoms with Crippen molar-refractivity contribution in [2.75, 3.05) is 37.9 Å². The van der Waals surface area contributed by atoms with Gasteiger partial charge in [0.15, 0.2) is 0 Å². The molecule has 1 atom stereocenters. The summed E-state index contributed by atoms with van der Waals surface area (Å²) in [5.41, 5.74) is 0. The molecule has 0 bridgehead atoms. The van der Waals surface area contributed by atoms with Crippen molar-refractivity contribution < 1.29 is 9.47 Å². The molecule has 0 aliphatic carbocycles. The lowest BCUT2D eigenvalue weighted by atomic mass is 10.2. The van der Waals surface area contributed by atoms with Gasteiger partial charge in [-0.25, -0.2) is 0 Å². The molecule has 1 aromatic heterocycles. The lowest BCUT2D eigenvalue weighted by Gasteiger charge is -2.13. The van der Waals surface area contributed by atoms with E-state index in [1.807, 2.05) is 13.8 Å². The smallest absolute Gasteiger partial charge is 0.323 e. The Morgan fingerprint density at radius 2 is 1.79 bits per heavy atom. The number of hydrogen-bond acceptors (Lipinski definition) is 7. The minimum atomic E-state index is 0.0207. The lowest BCUT2D eigenvalue weighted by Crippen LogP contribution is -2.18. The molecule has 0 amide bonds. The van der Waals surface area contributed by atoms with E-state index in [4.69, 9.17) is 9.47 Å². The number of aromatic nitrogens is 3. The molecular formula is C12H23N5O2. The summed E-state index contributed by atoms with van der Waals surface area (Å²) in [6, 6.07) is 0.316. The van der Waals surface area contributed by atoms with Crippen molar-refractivity contribution in [2.24, 2.45) is 5.92 Å². The normalized spacial score (nSPS) is 12.3. The monoisotopic (exact) mass is 269 g/mol. The lowest BCUT2D eigenvalue weighted by molar-refractivity contribution is 0.164. The third-order valence-electron chi connectivity index (χ3n) is 2.24. The predicted molar refractivity (Wildman–Crippen MR) is 74.7 cm³/mol. The molecule has 0 radical (unpaired) electrons. The average Bonchev–Trinajstić information content (AvgIpc) is 2.35. The van der Waals surface area contributed by atoms with Crippen LogP contribution in [-0.2, 0) is 4.74 Å². The van der Waals surface area contributed by atoms with Crippen LogP contribution >= 0.6 is 0 Å². The summed E-state index contributed by atoms with van der Waals surface area (Å²) in [5.74, 6) is 1.35. The van der Waals surface area contributed by atoms with Crippen LogP contribution in [-0.4, -0.2) is 48.4 Å². The van der Waals surface area contributed by atoms with E-state index < -0.39 is 0 Å². The fraction of sp³-hybridized carbons (Fsp3) is 0.750. The first-order valence-electron chi connectivity index (χ1n) is 6.38. The van der Waals surface area contributed by atoms with E-state index in [1.54, 1.807) is 14.2 Å². The Bertz CT molecular complexity index is 386. The van der Waals surface area contributed by atoms with Gasteiger partial charge in [-0.15, -0.1) is 0 Å². The highest BCUT2D eigenvalue weighted by molar-refractivity contribution is 5.35. The molecule has 0 saturated carbocycles. The fourth-order valence-electron chi connectivity index (χ4n) is 1.42. The van der Waals surface area contributed by atoms with E-state index in [-0.39, 0.29) is 6.10 Å². The molecule has 0 aliphatic heterocycles. The van der Waals surface area contributed by atoms with Crippen molar-refractivity contribution in [1.82, 2.24) is 15.0 Å². The Kier molecular flexibility index (Phi) is 6.27. The maximum Gasteiger partial charge on any atom is 0.323 e. The minimum Gasteiger partial charge on any atom is -0.461 e. The second-order valence-corrected chi connectivity index (χ2v) is 4.62. The number of rotatable bonds is 8. The molecule has 19 heavy (non-hydrogen) atoms. The van der Waals surface area contributed by atoms with Gasteiger partial charge in [-0.05, 0) is 19.8 Å². The zero-order valence-corrected chi connectivity index (χ0v) is 12.2. The highest BCUT2D eigenvalue weighted by Crippen LogP contribution is 2.12. The van der Waals surface area contributed by atoms with Gasteiger partial charge >= 0.3 is 6.01 Å². The zero-order valence-electron chi connectivity index (χ0n) is 12.2. The van der Waals surface area contributed by atoms with Crippen molar-refractivity contribution in [3.8, 4) is 6.01 Å². The largest absolute Gasteiger partial charge is 0.461 e. The Morgan fingerprint density at radius 3 is 2.37 bits per heavy atom. The third-order valence-corrected chi connectivity index (χ3v) is 2.24. The molecule has 1 unspecified atom stereocenters. The summed E-state index contributed by atoms with van der Waals surface area (Å²) in [6.45, 7) is 7.35. The van der Waals surface area contributed by atoms with Crippen LogP contribution in [0.15, 0.2) is 0 Å². The maximum atomic E-state index is 5.48. The maximum absolute atomic E-state index is 5.48. The first-order chi connectivity index (χ1) is 9.05. The fourth-order valence-corrected chi connectivity index (χ4v) is 1.42. The predicted octanol–water partition coefficient (Wildman–Crippen LogP) is 1.39. The van der Waals surface area contributed by atoms with E-state index in [0.29, 0.717) is 30.4 Å². The first-order valence-corrected chi connectivity index (χ1v) is 6.38. The van der Waals surface area contributed by atoms with Crippen molar-refractivity contribution in [2.45, 2.75) is 26.9 Å². The van der Waals surface area contributed by atoms with Crippen LogP contribution in [0.4, 0.5) is 11.9 Å². The van der Waals surface area contributed by atoms with Crippen molar-refractivity contribution in [1.29, 1.82) is 0 Å². The van der Waals surface area contributed by atoms with Crippen LogP contribution in [0.1, 0.15) is 20.8 Å². The summed E-state index contributed by atoms with van der Waals surface area (Å²) in [4.78, 5) is 12.6. The van der Waals surface area contributed by atoms with Gasteiger partial charge in [0.2, 0.25) is 11.9 Å². The Hall–Kier alpha value is -1.63. The standard InChI is InChI=1S/C12H23N5O2/c1-8(2)19-12-16-10(13-4)15-11(17-12)14-6-9(3)7-18-5/h8-9H,6-7H2,1-5H3,(H2,13,14,15,16,17). The highest BCUT2D eigenvalue weighted by Gasteiger charge is 2.09. The molecule has 0 saturated heterocycles. The van der Waals surface area contributed by atoms with Gasteiger partial charge in [-0.3, -0.25) is 0 Å². The molecule has 7 heteroatoms. The summed E-state index contributed by atoms with van der Waals surface area (Å²) in [6.07, 6.45) is 0.0207. The van der Waals surface area contributed by atoms with E-state index in [0.717, 1.165) is 6.54 Å². The number of ether oxygens (including phenoxy) is 2. The van der Waals surface area contributed by atoms with E-state index in [1.165, 1.54) is 0 Å². The second kappa shape index (κ2) is 7.73. The highest BCUT2D eigenvalue weighted by atomic mass is 16.5. The molecule has 1 rings (SSSR count). The molecule has 0 aliphatic rings.